The Morgan fingerprint density at radius 1 is 1.71 bits per heavy atom. The fourth-order valence-electron chi connectivity index (χ4n) is 1.68. The van der Waals surface area contributed by atoms with Gasteiger partial charge in [0.1, 0.15) is 0 Å². The minimum atomic E-state index is -0.288. The SMILES string of the molecule is N#CC1(Cc2ccsc2Br)CCOC1. The Bertz CT molecular complexity index is 362. The zero-order valence-electron chi connectivity index (χ0n) is 7.62. The highest BCUT2D eigenvalue weighted by atomic mass is 79.9. The van der Waals surface area contributed by atoms with Crippen molar-refractivity contribution in [1.82, 2.24) is 0 Å². The van der Waals surface area contributed by atoms with E-state index < -0.39 is 0 Å². The third kappa shape index (κ3) is 1.85. The van der Waals surface area contributed by atoms with Crippen LogP contribution < -0.4 is 0 Å². The Kier molecular flexibility index (Phi) is 2.91. The first-order valence-electron chi connectivity index (χ1n) is 4.47. The number of hydrogen-bond acceptors (Lipinski definition) is 3. The lowest BCUT2D eigenvalue weighted by atomic mass is 9.83. The van der Waals surface area contributed by atoms with E-state index in [9.17, 15) is 0 Å². The molecule has 14 heavy (non-hydrogen) atoms. The van der Waals surface area contributed by atoms with Gasteiger partial charge < -0.3 is 4.74 Å². The van der Waals surface area contributed by atoms with Gasteiger partial charge in [-0.3, -0.25) is 0 Å². The molecule has 0 spiro atoms. The smallest absolute Gasteiger partial charge is 0.0869 e. The summed E-state index contributed by atoms with van der Waals surface area (Å²) in [6.45, 7) is 1.29. The van der Waals surface area contributed by atoms with Crippen molar-refractivity contribution in [2.45, 2.75) is 12.8 Å². The van der Waals surface area contributed by atoms with Crippen LogP contribution in [-0.2, 0) is 11.2 Å². The van der Waals surface area contributed by atoms with E-state index in [0.29, 0.717) is 6.61 Å². The van der Waals surface area contributed by atoms with Crippen molar-refractivity contribution in [3.63, 3.8) is 0 Å². The van der Waals surface area contributed by atoms with Gasteiger partial charge in [0.15, 0.2) is 0 Å². The summed E-state index contributed by atoms with van der Waals surface area (Å²) in [6.07, 6.45) is 1.65. The molecule has 0 N–H and O–H groups in total. The number of ether oxygens (including phenoxy) is 1. The highest BCUT2D eigenvalue weighted by Crippen LogP contribution is 2.35. The number of hydrogen-bond donors (Lipinski definition) is 0. The predicted octanol–water partition coefficient (Wildman–Crippen LogP) is 2.98. The summed E-state index contributed by atoms with van der Waals surface area (Å²) >= 11 is 5.16. The van der Waals surface area contributed by atoms with E-state index in [-0.39, 0.29) is 5.41 Å². The van der Waals surface area contributed by atoms with Crippen molar-refractivity contribution in [2.75, 3.05) is 13.2 Å². The summed E-state index contributed by atoms with van der Waals surface area (Å²) in [5, 5.41) is 11.2. The average molecular weight is 272 g/mol. The third-order valence-corrected chi connectivity index (χ3v) is 4.37. The van der Waals surface area contributed by atoms with Crippen LogP contribution in [0.4, 0.5) is 0 Å². The molecule has 1 aromatic rings. The lowest BCUT2D eigenvalue weighted by molar-refractivity contribution is 0.171. The van der Waals surface area contributed by atoms with Gasteiger partial charge in [0.05, 0.1) is 21.9 Å². The number of thiophene rings is 1. The maximum atomic E-state index is 9.16. The fraction of sp³-hybridized carbons (Fsp3) is 0.500. The second kappa shape index (κ2) is 4.01. The van der Waals surface area contributed by atoms with E-state index in [1.54, 1.807) is 11.3 Å². The number of halogens is 1. The average Bonchev–Trinajstić information content (AvgIpc) is 2.79. The molecule has 1 aromatic heterocycles. The summed E-state index contributed by atoms with van der Waals surface area (Å²) in [5.74, 6) is 0. The summed E-state index contributed by atoms with van der Waals surface area (Å²) in [6, 6.07) is 4.48. The standard InChI is InChI=1S/C10H10BrNOS/c11-9-8(1-4-14-9)5-10(6-12)2-3-13-7-10/h1,4H,2-3,5,7H2. The van der Waals surface area contributed by atoms with Crippen LogP contribution in [0.5, 0.6) is 0 Å². The van der Waals surface area contributed by atoms with E-state index in [4.69, 9.17) is 10.00 Å². The topological polar surface area (TPSA) is 33.0 Å². The molecule has 4 heteroatoms. The second-order valence-corrected chi connectivity index (χ2v) is 5.83. The zero-order valence-corrected chi connectivity index (χ0v) is 10.0. The van der Waals surface area contributed by atoms with Gasteiger partial charge in [0, 0.05) is 6.61 Å². The molecule has 1 aliphatic heterocycles. The molecular weight excluding hydrogens is 262 g/mol. The first-order chi connectivity index (χ1) is 6.76. The Hall–Kier alpha value is -0.370. The van der Waals surface area contributed by atoms with Gasteiger partial charge in [-0.05, 0) is 45.8 Å². The van der Waals surface area contributed by atoms with Crippen LogP contribution in [0.1, 0.15) is 12.0 Å². The van der Waals surface area contributed by atoms with Crippen molar-refractivity contribution < 1.29 is 4.74 Å². The minimum Gasteiger partial charge on any atom is -0.380 e. The van der Waals surface area contributed by atoms with Crippen LogP contribution in [0.25, 0.3) is 0 Å². The van der Waals surface area contributed by atoms with Crippen molar-refractivity contribution in [3.05, 3.63) is 20.8 Å². The monoisotopic (exact) mass is 271 g/mol. The van der Waals surface area contributed by atoms with Gasteiger partial charge >= 0.3 is 0 Å². The molecule has 1 saturated heterocycles. The van der Waals surface area contributed by atoms with Crippen molar-refractivity contribution in [3.8, 4) is 6.07 Å². The van der Waals surface area contributed by atoms with Crippen molar-refractivity contribution >= 4 is 27.3 Å². The highest BCUT2D eigenvalue weighted by molar-refractivity contribution is 9.11. The van der Waals surface area contributed by atoms with Crippen LogP contribution in [-0.4, -0.2) is 13.2 Å². The molecule has 0 saturated carbocycles. The first-order valence-corrected chi connectivity index (χ1v) is 6.14. The maximum Gasteiger partial charge on any atom is 0.0869 e. The van der Waals surface area contributed by atoms with Gasteiger partial charge in [-0.15, -0.1) is 11.3 Å². The lowest BCUT2D eigenvalue weighted by Gasteiger charge is -2.17. The molecule has 2 heterocycles. The van der Waals surface area contributed by atoms with E-state index in [1.807, 2.05) is 5.38 Å². The van der Waals surface area contributed by atoms with Gasteiger partial charge in [-0.25, -0.2) is 0 Å². The molecule has 0 bridgehead atoms. The fourth-order valence-corrected chi connectivity index (χ4v) is 2.92. The quantitative estimate of drug-likeness (QED) is 0.829. The Balaban J connectivity index is 2.17. The van der Waals surface area contributed by atoms with Gasteiger partial charge in [-0.2, -0.15) is 5.26 Å². The molecule has 0 aromatic carbocycles. The Morgan fingerprint density at radius 2 is 2.57 bits per heavy atom. The molecule has 0 radical (unpaired) electrons. The molecule has 74 valence electrons. The largest absolute Gasteiger partial charge is 0.380 e. The summed E-state index contributed by atoms with van der Waals surface area (Å²) < 4.78 is 6.44. The second-order valence-electron chi connectivity index (χ2n) is 3.59. The number of rotatable bonds is 2. The molecular formula is C10H10BrNOS. The predicted molar refractivity (Wildman–Crippen MR) is 59.2 cm³/mol. The molecule has 1 unspecified atom stereocenters. The first kappa shape index (κ1) is 10.2. The van der Waals surface area contributed by atoms with E-state index in [0.717, 1.165) is 23.2 Å². The van der Waals surface area contributed by atoms with Gasteiger partial charge in [-0.1, -0.05) is 0 Å². The summed E-state index contributed by atoms with van der Waals surface area (Å²) in [7, 11) is 0. The molecule has 0 amide bonds. The lowest BCUT2D eigenvalue weighted by Crippen LogP contribution is -2.21. The Morgan fingerprint density at radius 3 is 3.07 bits per heavy atom. The van der Waals surface area contributed by atoms with Gasteiger partial charge in [0.25, 0.3) is 0 Å². The van der Waals surface area contributed by atoms with E-state index >= 15 is 0 Å². The molecule has 0 aliphatic carbocycles. The van der Waals surface area contributed by atoms with E-state index in [1.165, 1.54) is 5.56 Å². The van der Waals surface area contributed by atoms with E-state index in [2.05, 4.69) is 28.1 Å². The van der Waals surface area contributed by atoms with Crippen LogP contribution in [0, 0.1) is 16.7 Å². The van der Waals surface area contributed by atoms with Gasteiger partial charge in [0.2, 0.25) is 0 Å². The third-order valence-electron chi connectivity index (χ3n) is 2.56. The van der Waals surface area contributed by atoms with Crippen LogP contribution in [0.3, 0.4) is 0 Å². The molecule has 2 nitrogen and oxygen atoms in total. The molecule has 1 fully saturated rings. The Labute approximate surface area is 95.6 Å². The van der Waals surface area contributed by atoms with Crippen LogP contribution >= 0.6 is 27.3 Å². The summed E-state index contributed by atoms with van der Waals surface area (Å²) in [5.41, 5.74) is 0.936. The van der Waals surface area contributed by atoms with Crippen molar-refractivity contribution in [1.29, 1.82) is 5.26 Å². The zero-order chi connectivity index (χ0) is 10.0. The van der Waals surface area contributed by atoms with Crippen LogP contribution in [0.15, 0.2) is 15.2 Å². The van der Waals surface area contributed by atoms with Crippen molar-refractivity contribution in [2.24, 2.45) is 5.41 Å². The normalized spacial score (nSPS) is 26.3. The number of nitrogens with zero attached hydrogens (tertiary/aromatic N) is 1. The maximum absolute atomic E-state index is 9.16. The summed E-state index contributed by atoms with van der Waals surface area (Å²) in [4.78, 5) is 0. The van der Waals surface area contributed by atoms with Crippen LogP contribution in [0.2, 0.25) is 0 Å². The minimum absolute atomic E-state index is 0.288. The number of nitriles is 1. The molecule has 1 aliphatic rings. The highest BCUT2D eigenvalue weighted by Gasteiger charge is 2.35. The molecule has 1 atom stereocenters. The molecule has 2 rings (SSSR count).